The number of hydrogen-bond donors (Lipinski definition) is 1. The average molecular weight is 255 g/mol. The van der Waals surface area contributed by atoms with Gasteiger partial charge in [0.2, 0.25) is 0 Å². The zero-order chi connectivity index (χ0) is 12.5. The Balaban J connectivity index is 2.21. The molecule has 3 heteroatoms. The van der Waals surface area contributed by atoms with Crippen LogP contribution in [-0.2, 0) is 6.54 Å². The van der Waals surface area contributed by atoms with Crippen LogP contribution in [0.4, 0.5) is 0 Å². The Morgan fingerprint density at radius 3 is 2.65 bits per heavy atom. The molecular formula is C14H23ClN2. The molecular weight excluding hydrogens is 232 g/mol. The summed E-state index contributed by atoms with van der Waals surface area (Å²) in [6.07, 6.45) is 3.80. The van der Waals surface area contributed by atoms with Crippen molar-refractivity contribution in [3.8, 4) is 0 Å². The van der Waals surface area contributed by atoms with Crippen LogP contribution >= 0.6 is 11.6 Å². The molecule has 0 atom stereocenters. The number of halogens is 1. The third-order valence-electron chi connectivity index (χ3n) is 2.86. The van der Waals surface area contributed by atoms with Crippen LogP contribution < -0.4 is 5.32 Å². The first kappa shape index (κ1) is 14.5. The van der Waals surface area contributed by atoms with Crippen molar-refractivity contribution in [3.05, 3.63) is 34.9 Å². The fourth-order valence-corrected chi connectivity index (χ4v) is 2.05. The minimum Gasteiger partial charge on any atom is -0.320 e. The van der Waals surface area contributed by atoms with Gasteiger partial charge in [-0.25, -0.2) is 0 Å². The third kappa shape index (κ3) is 6.06. The van der Waals surface area contributed by atoms with E-state index in [4.69, 9.17) is 11.6 Å². The minimum absolute atomic E-state index is 0.870. The molecule has 0 heterocycles. The smallest absolute Gasteiger partial charge is 0.0451 e. The van der Waals surface area contributed by atoms with Crippen molar-refractivity contribution in [3.63, 3.8) is 0 Å². The fraction of sp³-hybridized carbons (Fsp3) is 0.571. The lowest BCUT2D eigenvalue weighted by molar-refractivity contribution is 0.317. The van der Waals surface area contributed by atoms with Gasteiger partial charge < -0.3 is 10.2 Å². The van der Waals surface area contributed by atoms with Gasteiger partial charge in [0.15, 0.2) is 0 Å². The van der Waals surface area contributed by atoms with E-state index in [2.05, 4.69) is 23.3 Å². The molecule has 0 radical (unpaired) electrons. The highest BCUT2D eigenvalue weighted by Crippen LogP contribution is 2.16. The monoisotopic (exact) mass is 254 g/mol. The van der Waals surface area contributed by atoms with E-state index in [0.717, 1.165) is 24.7 Å². The zero-order valence-electron chi connectivity index (χ0n) is 10.9. The summed E-state index contributed by atoms with van der Waals surface area (Å²) in [6.45, 7) is 3.19. The Bertz CT molecular complexity index is 315. The first-order valence-corrected chi connectivity index (χ1v) is 6.68. The summed E-state index contributed by atoms with van der Waals surface area (Å²) in [6, 6.07) is 8.07. The lowest BCUT2D eigenvalue weighted by Crippen LogP contribution is -2.19. The fourth-order valence-electron chi connectivity index (χ4n) is 1.86. The van der Waals surface area contributed by atoms with E-state index in [-0.39, 0.29) is 0 Å². The van der Waals surface area contributed by atoms with Gasteiger partial charge in [-0.2, -0.15) is 0 Å². The second-order valence-corrected chi connectivity index (χ2v) is 4.90. The van der Waals surface area contributed by atoms with Crippen LogP contribution in [-0.4, -0.2) is 32.1 Å². The molecule has 1 aromatic rings. The van der Waals surface area contributed by atoms with Crippen LogP contribution in [0.3, 0.4) is 0 Å². The van der Waals surface area contributed by atoms with Crippen molar-refractivity contribution in [2.75, 3.05) is 27.2 Å². The van der Waals surface area contributed by atoms with Gasteiger partial charge in [-0.1, -0.05) is 36.2 Å². The SMILES string of the molecule is CNCCCCCN(C)Cc1ccccc1Cl. The number of nitrogens with zero attached hydrogens (tertiary/aromatic N) is 1. The van der Waals surface area contributed by atoms with Crippen molar-refractivity contribution in [2.45, 2.75) is 25.8 Å². The topological polar surface area (TPSA) is 15.3 Å². The molecule has 0 bridgehead atoms. The maximum absolute atomic E-state index is 6.14. The molecule has 0 aromatic heterocycles. The quantitative estimate of drug-likeness (QED) is 0.717. The second kappa shape index (κ2) is 8.51. The van der Waals surface area contributed by atoms with Crippen LogP contribution in [0.5, 0.6) is 0 Å². The predicted molar refractivity (Wildman–Crippen MR) is 75.6 cm³/mol. The summed E-state index contributed by atoms with van der Waals surface area (Å²) < 4.78 is 0. The molecule has 1 rings (SSSR count). The van der Waals surface area contributed by atoms with Gasteiger partial charge in [0.1, 0.15) is 0 Å². The van der Waals surface area contributed by atoms with Gasteiger partial charge in [-0.05, 0) is 51.7 Å². The Morgan fingerprint density at radius 1 is 1.18 bits per heavy atom. The highest BCUT2D eigenvalue weighted by atomic mass is 35.5. The molecule has 0 fully saturated rings. The molecule has 1 N–H and O–H groups in total. The van der Waals surface area contributed by atoms with Crippen molar-refractivity contribution in [1.29, 1.82) is 0 Å². The lowest BCUT2D eigenvalue weighted by atomic mass is 10.2. The van der Waals surface area contributed by atoms with Crippen molar-refractivity contribution >= 4 is 11.6 Å². The van der Waals surface area contributed by atoms with Gasteiger partial charge in [-0.3, -0.25) is 0 Å². The van der Waals surface area contributed by atoms with Crippen molar-refractivity contribution in [2.24, 2.45) is 0 Å². The second-order valence-electron chi connectivity index (χ2n) is 4.49. The molecule has 0 spiro atoms. The molecule has 96 valence electrons. The van der Waals surface area contributed by atoms with E-state index in [0.29, 0.717) is 0 Å². The molecule has 1 aromatic carbocycles. The highest BCUT2D eigenvalue weighted by molar-refractivity contribution is 6.31. The maximum Gasteiger partial charge on any atom is 0.0451 e. The molecule has 17 heavy (non-hydrogen) atoms. The van der Waals surface area contributed by atoms with E-state index in [9.17, 15) is 0 Å². The Morgan fingerprint density at radius 2 is 1.94 bits per heavy atom. The van der Waals surface area contributed by atoms with Crippen LogP contribution in [0.1, 0.15) is 24.8 Å². The number of unbranched alkanes of at least 4 members (excludes halogenated alkanes) is 2. The highest BCUT2D eigenvalue weighted by Gasteiger charge is 2.03. The Kier molecular flexibility index (Phi) is 7.25. The molecule has 0 aliphatic rings. The van der Waals surface area contributed by atoms with Crippen LogP contribution in [0.15, 0.2) is 24.3 Å². The van der Waals surface area contributed by atoms with Crippen LogP contribution in [0, 0.1) is 0 Å². The molecule has 0 unspecified atom stereocenters. The van der Waals surface area contributed by atoms with Crippen LogP contribution in [0.2, 0.25) is 5.02 Å². The molecule has 0 saturated carbocycles. The molecule has 0 saturated heterocycles. The van der Waals surface area contributed by atoms with Crippen LogP contribution in [0.25, 0.3) is 0 Å². The van der Waals surface area contributed by atoms with Crippen molar-refractivity contribution in [1.82, 2.24) is 10.2 Å². The minimum atomic E-state index is 0.870. The third-order valence-corrected chi connectivity index (χ3v) is 3.23. The first-order chi connectivity index (χ1) is 8.24. The van der Waals surface area contributed by atoms with E-state index in [1.807, 2.05) is 25.2 Å². The largest absolute Gasteiger partial charge is 0.320 e. The van der Waals surface area contributed by atoms with E-state index >= 15 is 0 Å². The van der Waals surface area contributed by atoms with E-state index < -0.39 is 0 Å². The number of nitrogens with one attached hydrogen (secondary N) is 1. The summed E-state index contributed by atoms with van der Waals surface area (Å²) in [7, 11) is 4.16. The number of benzene rings is 1. The summed E-state index contributed by atoms with van der Waals surface area (Å²) in [5.74, 6) is 0. The van der Waals surface area contributed by atoms with Gasteiger partial charge in [0.25, 0.3) is 0 Å². The van der Waals surface area contributed by atoms with E-state index in [1.165, 1.54) is 24.8 Å². The zero-order valence-corrected chi connectivity index (χ0v) is 11.6. The molecule has 0 aliphatic heterocycles. The average Bonchev–Trinajstić information content (AvgIpc) is 2.32. The Hall–Kier alpha value is -0.570. The van der Waals surface area contributed by atoms with E-state index in [1.54, 1.807) is 0 Å². The number of hydrogen-bond acceptors (Lipinski definition) is 2. The summed E-state index contributed by atoms with van der Waals surface area (Å²) in [5.41, 5.74) is 1.21. The Labute approximate surface area is 110 Å². The lowest BCUT2D eigenvalue weighted by Gasteiger charge is -2.17. The maximum atomic E-state index is 6.14. The van der Waals surface area contributed by atoms with Gasteiger partial charge in [-0.15, -0.1) is 0 Å². The molecule has 0 aliphatic carbocycles. The van der Waals surface area contributed by atoms with Gasteiger partial charge >= 0.3 is 0 Å². The molecule has 0 amide bonds. The normalized spacial score (nSPS) is 11.1. The summed E-state index contributed by atoms with van der Waals surface area (Å²) >= 11 is 6.14. The summed E-state index contributed by atoms with van der Waals surface area (Å²) in [4.78, 5) is 2.33. The van der Waals surface area contributed by atoms with Gasteiger partial charge in [0.05, 0.1) is 0 Å². The first-order valence-electron chi connectivity index (χ1n) is 6.30. The number of rotatable bonds is 8. The summed E-state index contributed by atoms with van der Waals surface area (Å²) in [5, 5.41) is 4.04. The van der Waals surface area contributed by atoms with Crippen molar-refractivity contribution < 1.29 is 0 Å². The predicted octanol–water partition coefficient (Wildman–Crippen LogP) is 3.16. The van der Waals surface area contributed by atoms with Gasteiger partial charge in [0, 0.05) is 11.6 Å². The molecule has 2 nitrogen and oxygen atoms in total. The standard InChI is InChI=1S/C14H23ClN2/c1-16-10-6-3-7-11-17(2)12-13-8-4-5-9-14(13)15/h4-5,8-9,16H,3,6-7,10-12H2,1-2H3.